The number of carbonyl (C=O) groups is 2. The summed E-state index contributed by atoms with van der Waals surface area (Å²) in [5, 5.41) is -0.200. The van der Waals surface area contributed by atoms with E-state index < -0.39 is 34.6 Å². The van der Waals surface area contributed by atoms with Gasteiger partial charge in [-0.2, -0.15) is 0 Å². The van der Waals surface area contributed by atoms with E-state index in [2.05, 4.69) is 0 Å². The van der Waals surface area contributed by atoms with Crippen LogP contribution >= 0.6 is 24.0 Å². The summed E-state index contributed by atoms with van der Waals surface area (Å²) < 4.78 is 29.8. The van der Waals surface area contributed by atoms with Crippen LogP contribution in [0.4, 0.5) is 0 Å². The van der Waals surface area contributed by atoms with Crippen molar-refractivity contribution in [2.45, 2.75) is 29.4 Å². The minimum absolute atomic E-state index is 0.0962. The SMILES string of the molecule is CC(CS(=O)c1ccccc1)C(=O)OCCOC(=O)C(CC(SC(=S)Oc1ccccc1)c1ccccc1)c1ccccc1. The zero-order valence-electron chi connectivity index (χ0n) is 24.3. The molecule has 0 aliphatic heterocycles. The summed E-state index contributed by atoms with van der Waals surface area (Å²) in [5.41, 5.74) is 1.81. The van der Waals surface area contributed by atoms with E-state index in [4.69, 9.17) is 26.4 Å². The van der Waals surface area contributed by atoms with Crippen LogP contribution in [0.2, 0.25) is 0 Å². The third-order valence-corrected chi connectivity index (χ3v) is 9.67. The highest BCUT2D eigenvalue weighted by Crippen LogP contribution is 2.40. The molecule has 0 aliphatic carbocycles. The monoisotopic (exact) mass is 646 g/mol. The van der Waals surface area contributed by atoms with Gasteiger partial charge in [0.25, 0.3) is 0 Å². The van der Waals surface area contributed by atoms with Gasteiger partial charge < -0.3 is 14.2 Å². The number of hydrogen-bond acceptors (Lipinski definition) is 8. The first-order chi connectivity index (χ1) is 21.4. The molecule has 9 heteroatoms. The lowest BCUT2D eigenvalue weighted by molar-refractivity contribution is -0.155. The highest BCUT2D eigenvalue weighted by Gasteiger charge is 2.29. The first-order valence-corrected chi connectivity index (χ1v) is 16.8. The number of rotatable bonds is 14. The third-order valence-electron chi connectivity index (χ3n) is 6.67. The van der Waals surface area contributed by atoms with E-state index in [1.807, 2.05) is 97.1 Å². The van der Waals surface area contributed by atoms with Crippen molar-refractivity contribution in [2.75, 3.05) is 19.0 Å². The molecule has 4 rings (SSSR count). The summed E-state index contributed by atoms with van der Waals surface area (Å²) in [4.78, 5) is 26.7. The van der Waals surface area contributed by atoms with Gasteiger partial charge in [-0.3, -0.25) is 13.8 Å². The molecule has 4 aromatic carbocycles. The molecule has 0 amide bonds. The van der Waals surface area contributed by atoms with Crippen LogP contribution in [0.5, 0.6) is 5.75 Å². The van der Waals surface area contributed by atoms with Crippen molar-refractivity contribution in [1.29, 1.82) is 0 Å². The summed E-state index contributed by atoms with van der Waals surface area (Å²) in [6.07, 6.45) is 0.401. The molecule has 228 valence electrons. The molecular formula is C35H34O6S3. The molecule has 0 spiro atoms. The number of ether oxygens (including phenoxy) is 3. The maximum absolute atomic E-state index is 13.5. The third kappa shape index (κ3) is 10.4. The van der Waals surface area contributed by atoms with E-state index >= 15 is 0 Å². The van der Waals surface area contributed by atoms with Gasteiger partial charge in [0.2, 0.25) is 4.38 Å². The number of esters is 2. The van der Waals surface area contributed by atoms with Crippen LogP contribution < -0.4 is 4.74 Å². The zero-order chi connectivity index (χ0) is 31.1. The molecule has 0 heterocycles. The number of thiocarbonyl (C=S) groups is 1. The summed E-state index contributed by atoms with van der Waals surface area (Å²) in [5.74, 6) is -1.30. The topological polar surface area (TPSA) is 78.9 Å². The Kier molecular flexibility index (Phi) is 13.2. The van der Waals surface area contributed by atoms with Crippen LogP contribution in [0.1, 0.15) is 35.6 Å². The Labute approximate surface area is 270 Å². The second-order valence-corrected chi connectivity index (χ2v) is 13.2. The lowest BCUT2D eigenvalue weighted by atomic mass is 9.92. The predicted octanol–water partition coefficient (Wildman–Crippen LogP) is 7.53. The second-order valence-electron chi connectivity index (χ2n) is 9.94. The van der Waals surface area contributed by atoms with Gasteiger partial charge in [0, 0.05) is 15.9 Å². The molecular weight excluding hydrogens is 613 g/mol. The molecule has 0 saturated carbocycles. The van der Waals surface area contributed by atoms with Crippen LogP contribution in [0.3, 0.4) is 0 Å². The Balaban J connectivity index is 1.37. The average Bonchev–Trinajstić information content (AvgIpc) is 3.06. The van der Waals surface area contributed by atoms with Crippen LogP contribution in [-0.4, -0.2) is 39.5 Å². The van der Waals surface area contributed by atoms with Gasteiger partial charge in [-0.05, 0) is 54.0 Å². The van der Waals surface area contributed by atoms with Gasteiger partial charge in [0.1, 0.15) is 19.0 Å². The molecule has 4 atom stereocenters. The molecule has 0 radical (unpaired) electrons. The number of para-hydroxylation sites is 1. The van der Waals surface area contributed by atoms with Gasteiger partial charge in [-0.25, -0.2) is 0 Å². The van der Waals surface area contributed by atoms with Gasteiger partial charge in [0.15, 0.2) is 0 Å². The fourth-order valence-electron chi connectivity index (χ4n) is 4.40. The van der Waals surface area contributed by atoms with E-state index in [0.717, 1.165) is 11.1 Å². The van der Waals surface area contributed by atoms with E-state index in [9.17, 15) is 13.8 Å². The van der Waals surface area contributed by atoms with E-state index in [1.54, 1.807) is 31.2 Å². The predicted molar refractivity (Wildman–Crippen MR) is 179 cm³/mol. The maximum Gasteiger partial charge on any atom is 0.313 e. The van der Waals surface area contributed by atoms with Gasteiger partial charge in [0.05, 0.1) is 22.6 Å². The molecule has 6 nitrogen and oxygen atoms in total. The van der Waals surface area contributed by atoms with Gasteiger partial charge >= 0.3 is 11.9 Å². The van der Waals surface area contributed by atoms with E-state index in [0.29, 0.717) is 21.4 Å². The summed E-state index contributed by atoms with van der Waals surface area (Å²) >= 11 is 6.97. The smallest absolute Gasteiger partial charge is 0.313 e. The average molecular weight is 647 g/mol. The minimum Gasteiger partial charge on any atom is -0.462 e. The molecule has 4 unspecified atom stereocenters. The van der Waals surface area contributed by atoms with Crippen molar-refractivity contribution in [1.82, 2.24) is 0 Å². The molecule has 44 heavy (non-hydrogen) atoms. The summed E-state index contributed by atoms with van der Waals surface area (Å²) in [6, 6.07) is 37.6. The van der Waals surface area contributed by atoms with Gasteiger partial charge in [-0.1, -0.05) is 116 Å². The lowest BCUT2D eigenvalue weighted by Gasteiger charge is -2.23. The van der Waals surface area contributed by atoms with E-state index in [1.165, 1.54) is 11.8 Å². The Morgan fingerprint density at radius 3 is 1.82 bits per heavy atom. The van der Waals surface area contributed by atoms with E-state index in [-0.39, 0.29) is 24.2 Å². The van der Waals surface area contributed by atoms with Crippen molar-refractivity contribution in [3.05, 3.63) is 132 Å². The quantitative estimate of drug-likeness (QED) is 0.0791. The Morgan fingerprint density at radius 1 is 0.727 bits per heavy atom. The van der Waals surface area contributed by atoms with Crippen molar-refractivity contribution < 1.29 is 28.0 Å². The highest BCUT2D eigenvalue weighted by molar-refractivity contribution is 8.22. The molecule has 0 aliphatic rings. The fraction of sp³-hybridized carbons (Fsp3) is 0.229. The van der Waals surface area contributed by atoms with Crippen LogP contribution in [-0.2, 0) is 29.9 Å². The second kappa shape index (κ2) is 17.5. The van der Waals surface area contributed by atoms with Crippen molar-refractivity contribution in [2.24, 2.45) is 5.92 Å². The summed E-state index contributed by atoms with van der Waals surface area (Å²) in [7, 11) is -1.32. The first kappa shape index (κ1) is 33.1. The minimum atomic E-state index is -1.32. The standard InChI is InChI=1S/C35H34O6S3/c1-26(25-44(38)30-20-12-5-13-21-30)33(36)39-22-23-40-34(37)31(27-14-6-2-7-15-27)24-32(28-16-8-3-9-17-28)43-35(42)41-29-18-10-4-11-19-29/h2-21,26,31-32H,22-25H2,1H3. The Morgan fingerprint density at radius 2 is 1.23 bits per heavy atom. The van der Waals surface area contributed by atoms with Crippen LogP contribution in [0, 0.1) is 5.92 Å². The van der Waals surface area contributed by atoms with Crippen molar-refractivity contribution in [3.63, 3.8) is 0 Å². The molecule has 4 aromatic rings. The lowest BCUT2D eigenvalue weighted by Crippen LogP contribution is -2.24. The number of benzene rings is 4. The summed E-state index contributed by atoms with van der Waals surface area (Å²) in [6.45, 7) is 1.48. The first-order valence-electron chi connectivity index (χ1n) is 14.2. The van der Waals surface area contributed by atoms with Gasteiger partial charge in [-0.15, -0.1) is 0 Å². The molecule has 0 N–H and O–H groups in total. The molecule has 0 bridgehead atoms. The van der Waals surface area contributed by atoms with Crippen LogP contribution in [0.25, 0.3) is 0 Å². The molecule has 0 saturated heterocycles. The van der Waals surface area contributed by atoms with Crippen LogP contribution in [0.15, 0.2) is 126 Å². The zero-order valence-corrected chi connectivity index (χ0v) is 26.7. The van der Waals surface area contributed by atoms with Crippen molar-refractivity contribution in [3.8, 4) is 5.75 Å². The Bertz CT molecular complexity index is 1500. The molecule has 0 fully saturated rings. The Hall–Kier alpha value is -3.79. The normalized spacial score (nSPS) is 13.6. The largest absolute Gasteiger partial charge is 0.462 e. The maximum atomic E-state index is 13.5. The number of thioether (sulfide) groups is 1. The highest BCUT2D eigenvalue weighted by atomic mass is 32.2. The number of carbonyl (C=O) groups excluding carboxylic acids is 2. The fourth-order valence-corrected chi connectivity index (χ4v) is 7.05. The van der Waals surface area contributed by atoms with Crippen molar-refractivity contribution >= 4 is 51.1 Å². The number of hydrogen-bond donors (Lipinski definition) is 0. The molecule has 0 aromatic heterocycles.